The van der Waals surface area contributed by atoms with E-state index in [1.165, 1.54) is 22.9 Å². The average Bonchev–Trinajstić information content (AvgIpc) is 3.21. The first-order valence-electron chi connectivity index (χ1n) is 9.08. The van der Waals surface area contributed by atoms with Crippen LogP contribution in [0.15, 0.2) is 42.6 Å². The van der Waals surface area contributed by atoms with Crippen LogP contribution < -0.4 is 5.48 Å². The Morgan fingerprint density at radius 3 is 2.59 bits per heavy atom. The minimum absolute atomic E-state index is 0.413. The molecule has 0 radical (unpaired) electrons. The zero-order chi connectivity index (χ0) is 18.4. The van der Waals surface area contributed by atoms with E-state index in [2.05, 4.69) is 10.2 Å². The van der Waals surface area contributed by atoms with Gasteiger partial charge in [0.2, 0.25) is 0 Å². The normalized spacial score (nSPS) is 13.7. The number of pyridine rings is 1. The number of aryl methyl sites for hydroxylation is 1. The van der Waals surface area contributed by atoms with Gasteiger partial charge >= 0.3 is 0 Å². The van der Waals surface area contributed by atoms with Crippen LogP contribution in [0.4, 0.5) is 0 Å². The van der Waals surface area contributed by atoms with E-state index in [0.717, 1.165) is 46.9 Å². The Bertz CT molecular complexity index is 1180. The molecule has 0 saturated carbocycles. The van der Waals surface area contributed by atoms with E-state index in [9.17, 15) is 4.79 Å². The molecule has 0 fully saturated rings. The third-order valence-corrected chi connectivity index (χ3v) is 5.41. The molecular formula is C21H18N4O2. The Hall–Kier alpha value is -3.25. The Morgan fingerprint density at radius 2 is 1.81 bits per heavy atom. The maximum Gasteiger partial charge on any atom is 0.274 e. The van der Waals surface area contributed by atoms with Gasteiger partial charge in [0.15, 0.2) is 0 Å². The summed E-state index contributed by atoms with van der Waals surface area (Å²) in [5.41, 5.74) is 8.70. The van der Waals surface area contributed by atoms with Crippen molar-refractivity contribution in [3.63, 3.8) is 0 Å². The molecule has 27 heavy (non-hydrogen) atoms. The first-order chi connectivity index (χ1) is 13.3. The molecule has 3 N–H and O–H groups in total. The number of hydroxylamine groups is 1. The molecule has 1 amide bonds. The highest BCUT2D eigenvalue weighted by Crippen LogP contribution is 2.37. The Balaban J connectivity index is 1.75. The van der Waals surface area contributed by atoms with Crippen molar-refractivity contribution in [3.05, 3.63) is 59.3 Å². The quantitative estimate of drug-likeness (QED) is 0.376. The molecule has 0 atom stereocenters. The lowest BCUT2D eigenvalue weighted by Gasteiger charge is -2.22. The van der Waals surface area contributed by atoms with Crippen molar-refractivity contribution in [2.45, 2.75) is 25.7 Å². The summed E-state index contributed by atoms with van der Waals surface area (Å²) in [7, 11) is 0. The number of carbonyl (C=O) groups is 1. The monoisotopic (exact) mass is 358 g/mol. The molecule has 0 aliphatic heterocycles. The van der Waals surface area contributed by atoms with Crippen molar-refractivity contribution in [1.82, 2.24) is 20.7 Å². The van der Waals surface area contributed by atoms with E-state index in [0.29, 0.717) is 5.56 Å². The molecular weight excluding hydrogens is 340 g/mol. The van der Waals surface area contributed by atoms with Gasteiger partial charge in [-0.3, -0.25) is 15.1 Å². The Morgan fingerprint density at radius 1 is 1.04 bits per heavy atom. The highest BCUT2D eigenvalue weighted by molar-refractivity contribution is 6.07. The fourth-order valence-electron chi connectivity index (χ4n) is 4.13. The molecule has 1 aliphatic rings. The maximum atomic E-state index is 11.6. The van der Waals surface area contributed by atoms with Crippen LogP contribution >= 0.6 is 0 Å². The van der Waals surface area contributed by atoms with Crippen LogP contribution in [0, 0.1) is 0 Å². The largest absolute Gasteiger partial charge is 0.288 e. The summed E-state index contributed by atoms with van der Waals surface area (Å²) in [5.74, 6) is -0.516. The zero-order valence-electron chi connectivity index (χ0n) is 14.6. The van der Waals surface area contributed by atoms with Crippen molar-refractivity contribution in [3.8, 4) is 11.3 Å². The van der Waals surface area contributed by atoms with E-state index < -0.39 is 5.91 Å². The number of aromatic nitrogens is 3. The molecule has 2 aromatic carbocycles. The second-order valence-corrected chi connectivity index (χ2v) is 6.93. The molecule has 134 valence electrons. The predicted molar refractivity (Wildman–Crippen MR) is 103 cm³/mol. The van der Waals surface area contributed by atoms with Crippen LogP contribution in [-0.2, 0) is 12.8 Å². The number of fused-ring (bicyclic) bond motifs is 5. The van der Waals surface area contributed by atoms with Crippen molar-refractivity contribution >= 4 is 27.7 Å². The van der Waals surface area contributed by atoms with Gasteiger partial charge < -0.3 is 0 Å². The number of carbonyl (C=O) groups excluding carboxylic acids is 1. The third kappa shape index (κ3) is 2.49. The van der Waals surface area contributed by atoms with E-state index in [1.807, 2.05) is 30.5 Å². The molecule has 0 unspecified atom stereocenters. The van der Waals surface area contributed by atoms with Crippen molar-refractivity contribution in [2.75, 3.05) is 0 Å². The number of nitrogens with zero attached hydrogens (tertiary/aromatic N) is 2. The van der Waals surface area contributed by atoms with Gasteiger partial charge in [-0.05, 0) is 61.1 Å². The van der Waals surface area contributed by atoms with Crippen molar-refractivity contribution in [1.29, 1.82) is 0 Å². The van der Waals surface area contributed by atoms with Crippen LogP contribution in [0.5, 0.6) is 0 Å². The number of hydrogen-bond donors (Lipinski definition) is 3. The molecule has 5 rings (SSSR count). The minimum Gasteiger partial charge on any atom is -0.288 e. The second-order valence-electron chi connectivity index (χ2n) is 6.93. The van der Waals surface area contributed by atoms with Gasteiger partial charge in [-0.1, -0.05) is 12.1 Å². The number of amides is 1. The van der Waals surface area contributed by atoms with E-state index in [-0.39, 0.29) is 0 Å². The molecule has 4 aromatic rings. The smallest absolute Gasteiger partial charge is 0.274 e. The molecule has 6 heteroatoms. The van der Waals surface area contributed by atoms with Gasteiger partial charge in [0.05, 0.1) is 22.9 Å². The molecule has 0 bridgehead atoms. The second kappa shape index (κ2) is 6.17. The maximum absolute atomic E-state index is 11.6. The van der Waals surface area contributed by atoms with Crippen molar-refractivity contribution in [2.24, 2.45) is 0 Å². The lowest BCUT2D eigenvalue weighted by molar-refractivity contribution is 0.0706. The minimum atomic E-state index is -0.516. The van der Waals surface area contributed by atoms with E-state index >= 15 is 0 Å². The summed E-state index contributed by atoms with van der Waals surface area (Å²) >= 11 is 0. The summed E-state index contributed by atoms with van der Waals surface area (Å²) in [6, 6.07) is 11.3. The average molecular weight is 358 g/mol. The molecule has 0 spiro atoms. The summed E-state index contributed by atoms with van der Waals surface area (Å²) in [4.78, 5) is 16.6. The van der Waals surface area contributed by atoms with E-state index in [1.54, 1.807) is 17.6 Å². The summed E-state index contributed by atoms with van der Waals surface area (Å²) in [6.45, 7) is 0. The summed E-state index contributed by atoms with van der Waals surface area (Å²) < 4.78 is 0. The van der Waals surface area contributed by atoms with Gasteiger partial charge in [-0.15, -0.1) is 0 Å². The topological polar surface area (TPSA) is 90.9 Å². The predicted octanol–water partition coefficient (Wildman–Crippen LogP) is 3.78. The number of benzene rings is 2. The number of nitrogens with one attached hydrogen (secondary N) is 2. The highest BCUT2D eigenvalue weighted by atomic mass is 16.5. The fraction of sp³-hybridized carbons (Fsp3) is 0.190. The Labute approximate surface area is 155 Å². The van der Waals surface area contributed by atoms with Crippen LogP contribution in [0.3, 0.4) is 0 Å². The standard InChI is InChI=1S/C21H18N4O2/c26-21(25-27)13-7-5-12(6-8-13)20-15-4-2-1-3-14(15)19-16-11-22-24-17(16)9-10-18(19)23-20/h5-11,27H,1-4H2,(H,22,24)(H,25,26). The van der Waals surface area contributed by atoms with Crippen LogP contribution in [0.2, 0.25) is 0 Å². The first-order valence-corrected chi connectivity index (χ1v) is 9.08. The summed E-state index contributed by atoms with van der Waals surface area (Å²) in [6.07, 6.45) is 6.25. The van der Waals surface area contributed by atoms with Gasteiger partial charge in [0, 0.05) is 21.9 Å². The van der Waals surface area contributed by atoms with Gasteiger partial charge in [0.25, 0.3) is 5.91 Å². The molecule has 1 aliphatic carbocycles. The number of aromatic amines is 1. The number of rotatable bonds is 2. The SMILES string of the molecule is O=C(NO)c1ccc(-c2nc3ccc4[nH]ncc4c3c3c2CCCC3)cc1. The van der Waals surface area contributed by atoms with E-state index in [4.69, 9.17) is 10.2 Å². The molecule has 2 aromatic heterocycles. The summed E-state index contributed by atoms with van der Waals surface area (Å²) in [5, 5.41) is 18.4. The van der Waals surface area contributed by atoms with Crippen LogP contribution in [-0.4, -0.2) is 26.3 Å². The highest BCUT2D eigenvalue weighted by Gasteiger charge is 2.21. The number of hydrogen-bond acceptors (Lipinski definition) is 4. The third-order valence-electron chi connectivity index (χ3n) is 5.41. The molecule has 2 heterocycles. The molecule has 0 saturated heterocycles. The van der Waals surface area contributed by atoms with Crippen LogP contribution in [0.1, 0.15) is 34.3 Å². The first kappa shape index (κ1) is 16.0. The Kier molecular flexibility index (Phi) is 3.65. The van der Waals surface area contributed by atoms with Gasteiger partial charge in [-0.25, -0.2) is 10.5 Å². The zero-order valence-corrected chi connectivity index (χ0v) is 14.6. The molecule has 6 nitrogen and oxygen atoms in total. The number of H-pyrrole nitrogens is 1. The van der Waals surface area contributed by atoms with Crippen molar-refractivity contribution < 1.29 is 10.0 Å². The lowest BCUT2D eigenvalue weighted by atomic mass is 9.85. The fourth-order valence-corrected chi connectivity index (χ4v) is 4.13. The lowest BCUT2D eigenvalue weighted by Crippen LogP contribution is -2.18. The van der Waals surface area contributed by atoms with Gasteiger partial charge in [0.1, 0.15) is 0 Å². The van der Waals surface area contributed by atoms with Gasteiger partial charge in [-0.2, -0.15) is 5.10 Å². The van der Waals surface area contributed by atoms with Crippen LogP contribution in [0.25, 0.3) is 33.1 Å².